The summed E-state index contributed by atoms with van der Waals surface area (Å²) in [6.07, 6.45) is 1.19. The van der Waals surface area contributed by atoms with Crippen molar-refractivity contribution in [1.82, 2.24) is 0 Å². The van der Waals surface area contributed by atoms with Gasteiger partial charge >= 0.3 is 0 Å². The fourth-order valence-corrected chi connectivity index (χ4v) is 1.23. The molecule has 0 aliphatic carbocycles. The van der Waals surface area contributed by atoms with Gasteiger partial charge in [0.05, 0.1) is 12.7 Å². The molecule has 1 heterocycles. The predicted molar refractivity (Wildman–Crippen MR) is 54.7 cm³/mol. The molecule has 0 aliphatic rings. The van der Waals surface area contributed by atoms with Gasteiger partial charge in [-0.1, -0.05) is 0 Å². The Labute approximate surface area is 89.2 Å². The van der Waals surface area contributed by atoms with E-state index < -0.39 is 6.29 Å². The molecule has 0 bridgehead atoms. The van der Waals surface area contributed by atoms with E-state index in [1.54, 1.807) is 12.1 Å². The number of furan rings is 1. The van der Waals surface area contributed by atoms with E-state index in [0.29, 0.717) is 19.0 Å². The lowest BCUT2D eigenvalue weighted by atomic mass is 10.2. The van der Waals surface area contributed by atoms with Crippen molar-refractivity contribution in [2.45, 2.75) is 26.6 Å². The number of ketones is 1. The van der Waals surface area contributed by atoms with Gasteiger partial charge in [-0.2, -0.15) is 0 Å². The van der Waals surface area contributed by atoms with Crippen LogP contribution in [0.15, 0.2) is 22.8 Å². The lowest BCUT2D eigenvalue weighted by molar-refractivity contribution is -0.133. The van der Waals surface area contributed by atoms with Crippen molar-refractivity contribution in [2.75, 3.05) is 13.2 Å². The zero-order valence-electron chi connectivity index (χ0n) is 9.06. The van der Waals surface area contributed by atoms with E-state index in [1.165, 1.54) is 6.26 Å². The molecular weight excluding hydrogens is 196 g/mol. The lowest BCUT2D eigenvalue weighted by Crippen LogP contribution is -2.21. The molecule has 0 aromatic carbocycles. The Balaban J connectivity index is 2.47. The van der Waals surface area contributed by atoms with Crippen LogP contribution in [-0.4, -0.2) is 25.3 Å². The van der Waals surface area contributed by atoms with Gasteiger partial charge in [-0.15, -0.1) is 0 Å². The van der Waals surface area contributed by atoms with Gasteiger partial charge in [0.1, 0.15) is 0 Å². The first kappa shape index (κ1) is 11.9. The molecule has 0 fully saturated rings. The number of ether oxygens (including phenoxy) is 2. The van der Waals surface area contributed by atoms with Crippen LogP contribution in [0.2, 0.25) is 0 Å². The van der Waals surface area contributed by atoms with Crippen molar-refractivity contribution in [3.8, 4) is 0 Å². The molecular formula is C11H16O4. The van der Waals surface area contributed by atoms with Crippen LogP contribution in [0.4, 0.5) is 0 Å². The van der Waals surface area contributed by atoms with E-state index in [4.69, 9.17) is 13.9 Å². The minimum atomic E-state index is -0.474. The maximum Gasteiger partial charge on any atom is 0.203 e. The van der Waals surface area contributed by atoms with Gasteiger partial charge in [-0.25, -0.2) is 0 Å². The summed E-state index contributed by atoms with van der Waals surface area (Å²) in [6, 6.07) is 3.32. The number of Topliss-reactive ketones (excluding diaryl/α,β-unsaturated/α-hetero) is 1. The molecule has 4 nitrogen and oxygen atoms in total. The minimum Gasteiger partial charge on any atom is -0.461 e. The molecule has 0 unspecified atom stereocenters. The van der Waals surface area contributed by atoms with Crippen LogP contribution in [0.5, 0.6) is 0 Å². The van der Waals surface area contributed by atoms with Crippen molar-refractivity contribution < 1.29 is 18.7 Å². The Morgan fingerprint density at radius 3 is 2.53 bits per heavy atom. The smallest absolute Gasteiger partial charge is 0.203 e. The van der Waals surface area contributed by atoms with E-state index >= 15 is 0 Å². The minimum absolute atomic E-state index is 0.105. The van der Waals surface area contributed by atoms with Crippen molar-refractivity contribution in [2.24, 2.45) is 0 Å². The summed E-state index contributed by atoms with van der Waals surface area (Å²) >= 11 is 0. The molecule has 0 N–H and O–H groups in total. The fraction of sp³-hybridized carbons (Fsp3) is 0.545. The highest BCUT2D eigenvalue weighted by atomic mass is 16.7. The number of hydrogen-bond acceptors (Lipinski definition) is 4. The summed E-state index contributed by atoms with van der Waals surface area (Å²) < 4.78 is 15.5. The Morgan fingerprint density at radius 2 is 2.07 bits per heavy atom. The van der Waals surface area contributed by atoms with Crippen LogP contribution >= 0.6 is 0 Å². The van der Waals surface area contributed by atoms with Crippen LogP contribution in [0, 0.1) is 0 Å². The third kappa shape index (κ3) is 3.85. The van der Waals surface area contributed by atoms with Gasteiger partial charge in [-0.05, 0) is 26.0 Å². The SMILES string of the molecule is CCOC(CC(=O)c1ccco1)OCC. The van der Waals surface area contributed by atoms with Gasteiger partial charge in [0.25, 0.3) is 0 Å². The molecule has 0 atom stereocenters. The summed E-state index contributed by atoms with van der Waals surface area (Å²) in [6.45, 7) is 4.78. The van der Waals surface area contributed by atoms with Gasteiger partial charge in [0.2, 0.25) is 5.78 Å². The van der Waals surface area contributed by atoms with Crippen molar-refractivity contribution in [3.63, 3.8) is 0 Å². The third-order valence-electron chi connectivity index (χ3n) is 1.85. The predicted octanol–water partition coefficient (Wildman–Crippen LogP) is 2.25. The molecule has 1 rings (SSSR count). The lowest BCUT2D eigenvalue weighted by Gasteiger charge is -2.15. The molecule has 0 spiro atoms. The van der Waals surface area contributed by atoms with Crippen molar-refractivity contribution in [3.05, 3.63) is 24.2 Å². The molecule has 0 saturated carbocycles. The van der Waals surface area contributed by atoms with E-state index in [-0.39, 0.29) is 12.2 Å². The molecule has 0 aliphatic heterocycles. The molecule has 4 heteroatoms. The Morgan fingerprint density at radius 1 is 1.40 bits per heavy atom. The van der Waals surface area contributed by atoms with Gasteiger partial charge < -0.3 is 13.9 Å². The molecule has 0 saturated heterocycles. The van der Waals surface area contributed by atoms with Crippen LogP contribution in [0.25, 0.3) is 0 Å². The first-order valence-electron chi connectivity index (χ1n) is 5.07. The van der Waals surface area contributed by atoms with E-state index in [0.717, 1.165) is 0 Å². The quantitative estimate of drug-likeness (QED) is 0.513. The average Bonchev–Trinajstić information content (AvgIpc) is 2.71. The highest BCUT2D eigenvalue weighted by molar-refractivity contribution is 5.93. The molecule has 0 amide bonds. The summed E-state index contributed by atoms with van der Waals surface area (Å²) in [5.41, 5.74) is 0. The monoisotopic (exact) mass is 212 g/mol. The number of rotatable bonds is 7. The summed E-state index contributed by atoms with van der Waals surface area (Å²) in [5, 5.41) is 0. The molecule has 1 aromatic heterocycles. The zero-order chi connectivity index (χ0) is 11.1. The van der Waals surface area contributed by atoms with Crippen LogP contribution in [0.1, 0.15) is 30.8 Å². The van der Waals surface area contributed by atoms with Gasteiger partial charge in [-0.3, -0.25) is 4.79 Å². The first-order chi connectivity index (χ1) is 7.27. The Bertz CT molecular complexity index is 273. The summed E-state index contributed by atoms with van der Waals surface area (Å²) in [5.74, 6) is 0.242. The highest BCUT2D eigenvalue weighted by Crippen LogP contribution is 2.09. The third-order valence-corrected chi connectivity index (χ3v) is 1.85. The topological polar surface area (TPSA) is 48.7 Å². The van der Waals surface area contributed by atoms with E-state index in [2.05, 4.69) is 0 Å². The van der Waals surface area contributed by atoms with Crippen LogP contribution in [-0.2, 0) is 9.47 Å². The maximum absolute atomic E-state index is 11.6. The maximum atomic E-state index is 11.6. The van der Waals surface area contributed by atoms with E-state index in [9.17, 15) is 4.79 Å². The second-order valence-corrected chi connectivity index (χ2v) is 2.94. The largest absolute Gasteiger partial charge is 0.461 e. The van der Waals surface area contributed by atoms with Gasteiger partial charge in [0.15, 0.2) is 12.1 Å². The summed E-state index contributed by atoms with van der Waals surface area (Å²) in [4.78, 5) is 11.6. The standard InChI is InChI=1S/C11H16O4/c1-3-13-11(14-4-2)8-9(12)10-6-5-7-15-10/h5-7,11H,3-4,8H2,1-2H3. The highest BCUT2D eigenvalue weighted by Gasteiger charge is 2.17. The Kier molecular flexibility index (Phi) is 5.07. The summed E-state index contributed by atoms with van der Waals surface area (Å²) in [7, 11) is 0. The second-order valence-electron chi connectivity index (χ2n) is 2.94. The number of hydrogen-bond donors (Lipinski definition) is 0. The van der Waals surface area contributed by atoms with E-state index in [1.807, 2.05) is 13.8 Å². The number of carbonyl (C=O) groups is 1. The molecule has 15 heavy (non-hydrogen) atoms. The normalized spacial score (nSPS) is 10.9. The van der Waals surface area contributed by atoms with Crippen molar-refractivity contribution in [1.29, 1.82) is 0 Å². The second kappa shape index (κ2) is 6.37. The molecule has 1 aromatic rings. The van der Waals surface area contributed by atoms with Crippen LogP contribution < -0.4 is 0 Å². The van der Waals surface area contributed by atoms with Gasteiger partial charge in [0, 0.05) is 13.2 Å². The first-order valence-corrected chi connectivity index (χ1v) is 5.07. The molecule has 0 radical (unpaired) electrons. The zero-order valence-corrected chi connectivity index (χ0v) is 9.06. The molecule has 84 valence electrons. The van der Waals surface area contributed by atoms with Crippen LogP contribution in [0.3, 0.4) is 0 Å². The average molecular weight is 212 g/mol. The fourth-order valence-electron chi connectivity index (χ4n) is 1.23. The number of carbonyl (C=O) groups excluding carboxylic acids is 1. The van der Waals surface area contributed by atoms with Crippen molar-refractivity contribution >= 4 is 5.78 Å². The Hall–Kier alpha value is -1.13.